The molecule has 4 aromatic rings. The van der Waals surface area contributed by atoms with E-state index < -0.39 is 6.04 Å². The monoisotopic (exact) mass is 567 g/mol. The maximum absolute atomic E-state index is 13.1. The lowest BCUT2D eigenvalue weighted by Gasteiger charge is -2.25. The van der Waals surface area contributed by atoms with E-state index in [2.05, 4.69) is 42.2 Å². The van der Waals surface area contributed by atoms with Crippen molar-refractivity contribution in [3.05, 3.63) is 82.9 Å². The Labute approximate surface area is 245 Å². The summed E-state index contributed by atoms with van der Waals surface area (Å²) in [5.74, 6) is 0.226. The molecule has 3 heterocycles. The van der Waals surface area contributed by atoms with Crippen LogP contribution in [0.25, 0.3) is 20.5 Å². The van der Waals surface area contributed by atoms with Crippen molar-refractivity contribution in [2.24, 2.45) is 0 Å². The number of carbonyl (C=O) groups excluding carboxylic acids is 2. The minimum absolute atomic E-state index is 0.0202. The van der Waals surface area contributed by atoms with Crippen LogP contribution in [0.3, 0.4) is 0 Å². The molecule has 6 rings (SSSR count). The molecule has 0 radical (unpaired) electrons. The first kappa shape index (κ1) is 27.5. The molecule has 1 aromatic heterocycles. The number of anilines is 1. The average Bonchev–Trinajstić information content (AvgIpc) is 3.69. The Balaban J connectivity index is 1.28. The number of fused-ring (bicyclic) bond motifs is 1. The molecule has 3 aromatic carbocycles. The summed E-state index contributed by atoms with van der Waals surface area (Å²) in [6.45, 7) is 5.63. The Morgan fingerprint density at radius 1 is 1.05 bits per heavy atom. The molecular formula is C34H37N3O3S. The predicted octanol–water partition coefficient (Wildman–Crippen LogP) is 6.35. The predicted molar refractivity (Wildman–Crippen MR) is 167 cm³/mol. The van der Waals surface area contributed by atoms with E-state index in [0.29, 0.717) is 12.8 Å². The van der Waals surface area contributed by atoms with Crippen molar-refractivity contribution in [2.75, 3.05) is 32.1 Å². The number of hydrogen-bond acceptors (Lipinski definition) is 5. The minimum atomic E-state index is -0.403. The number of aryl methyl sites for hydroxylation is 1. The fourth-order valence-corrected chi connectivity index (χ4v) is 7.52. The Bertz CT molecular complexity index is 1600. The maximum atomic E-state index is 13.1. The highest BCUT2D eigenvalue weighted by Gasteiger charge is 2.35. The van der Waals surface area contributed by atoms with E-state index in [1.54, 1.807) is 41.3 Å². The van der Waals surface area contributed by atoms with Crippen molar-refractivity contribution >= 4 is 38.9 Å². The number of rotatable bonds is 7. The van der Waals surface area contributed by atoms with E-state index in [4.69, 9.17) is 0 Å². The summed E-state index contributed by atoms with van der Waals surface area (Å²) in [5.41, 5.74) is 7.15. The Morgan fingerprint density at radius 3 is 2.49 bits per heavy atom. The first-order chi connectivity index (χ1) is 19.8. The first-order valence-electron chi connectivity index (χ1n) is 14.5. The van der Waals surface area contributed by atoms with Crippen LogP contribution in [0.2, 0.25) is 0 Å². The number of nitrogens with zero attached hydrogens (tertiary/aromatic N) is 3. The summed E-state index contributed by atoms with van der Waals surface area (Å²) in [4.78, 5) is 32.0. The van der Waals surface area contributed by atoms with Gasteiger partial charge in [0, 0.05) is 42.3 Å². The van der Waals surface area contributed by atoms with Crippen LogP contribution in [0.4, 0.5) is 5.69 Å². The van der Waals surface area contributed by atoms with Crippen molar-refractivity contribution in [3.8, 4) is 16.2 Å². The Kier molecular flexibility index (Phi) is 7.58. The average molecular weight is 568 g/mol. The van der Waals surface area contributed by atoms with E-state index in [-0.39, 0.29) is 17.6 Å². The number of aromatic hydroxyl groups is 1. The molecule has 0 spiro atoms. The molecule has 1 atom stereocenters. The van der Waals surface area contributed by atoms with Crippen LogP contribution in [0, 0.1) is 6.92 Å². The first-order valence-corrected chi connectivity index (χ1v) is 15.3. The molecule has 2 saturated heterocycles. The van der Waals surface area contributed by atoms with Crippen molar-refractivity contribution in [1.82, 2.24) is 9.80 Å². The zero-order valence-electron chi connectivity index (χ0n) is 24.0. The second kappa shape index (κ2) is 11.3. The van der Waals surface area contributed by atoms with Gasteiger partial charge in [-0.2, -0.15) is 0 Å². The van der Waals surface area contributed by atoms with Gasteiger partial charge in [-0.25, -0.2) is 0 Å². The lowest BCUT2D eigenvalue weighted by Crippen LogP contribution is -2.43. The molecule has 1 unspecified atom stereocenters. The van der Waals surface area contributed by atoms with E-state index in [0.717, 1.165) is 34.3 Å². The summed E-state index contributed by atoms with van der Waals surface area (Å²) in [7, 11) is 3.48. The number of hydrogen-bond donors (Lipinski definition) is 1. The van der Waals surface area contributed by atoms with Gasteiger partial charge in [-0.3, -0.25) is 14.5 Å². The van der Waals surface area contributed by atoms with Gasteiger partial charge < -0.3 is 14.9 Å². The van der Waals surface area contributed by atoms with Crippen molar-refractivity contribution in [3.63, 3.8) is 0 Å². The van der Waals surface area contributed by atoms with Crippen LogP contribution in [-0.2, 0) is 22.6 Å². The molecule has 0 saturated carbocycles. The van der Waals surface area contributed by atoms with Crippen molar-refractivity contribution < 1.29 is 14.7 Å². The number of carbonyl (C=O) groups is 2. The molecule has 2 aliphatic heterocycles. The number of thiophene rings is 1. The number of likely N-dealkylation sites (tertiary alicyclic amines) is 2. The quantitative estimate of drug-likeness (QED) is 0.283. The van der Waals surface area contributed by atoms with E-state index in [1.807, 2.05) is 24.3 Å². The highest BCUT2D eigenvalue weighted by molar-refractivity contribution is 7.22. The third kappa shape index (κ3) is 5.48. The molecule has 0 aliphatic carbocycles. The standard InChI is InChI=1S/C34H37N3O3S/c1-22-18-23(6-7-25(22)21-37-16-4-5-17-37)19-29-28-13-12-27(38)20-31(28)41-33(29)24-8-10-26(11-9-24)35(2)34(40)30-14-15-32(39)36(30)3/h6-13,18,20,30,38H,4-5,14-17,19,21H2,1-3H3. The smallest absolute Gasteiger partial charge is 0.249 e. The molecule has 212 valence electrons. The number of phenolic OH excluding ortho intramolecular Hbond substituents is 1. The van der Waals surface area contributed by atoms with Gasteiger partial charge >= 0.3 is 0 Å². The highest BCUT2D eigenvalue weighted by Crippen LogP contribution is 2.41. The van der Waals surface area contributed by atoms with Crippen molar-refractivity contribution in [2.45, 2.75) is 51.6 Å². The fraction of sp³-hybridized carbons (Fsp3) is 0.353. The molecule has 2 fully saturated rings. The zero-order chi connectivity index (χ0) is 28.7. The normalized spacial score (nSPS) is 17.6. The molecule has 41 heavy (non-hydrogen) atoms. The molecule has 2 amide bonds. The minimum Gasteiger partial charge on any atom is -0.508 e. The van der Waals surface area contributed by atoms with Gasteiger partial charge in [0.25, 0.3) is 0 Å². The largest absolute Gasteiger partial charge is 0.508 e. The molecule has 7 heteroatoms. The number of amides is 2. The van der Waals surface area contributed by atoms with Crippen LogP contribution in [0.1, 0.15) is 47.9 Å². The highest BCUT2D eigenvalue weighted by atomic mass is 32.1. The fourth-order valence-electron chi connectivity index (χ4n) is 6.26. The second-order valence-corrected chi connectivity index (χ2v) is 12.6. The van der Waals surface area contributed by atoms with E-state index >= 15 is 0 Å². The van der Waals surface area contributed by atoms with Gasteiger partial charge in [-0.1, -0.05) is 30.3 Å². The molecule has 2 aliphatic rings. The molecule has 0 bridgehead atoms. The SMILES string of the molecule is Cc1cc(Cc2c(-c3ccc(N(C)C(=O)C4CCC(=O)N4C)cc3)sc3cc(O)ccc23)ccc1CN1CCCC1. The summed E-state index contributed by atoms with van der Waals surface area (Å²) < 4.78 is 1.06. The van der Waals surface area contributed by atoms with Gasteiger partial charge in [0.05, 0.1) is 0 Å². The molecule has 6 nitrogen and oxygen atoms in total. The Morgan fingerprint density at radius 2 is 1.80 bits per heavy atom. The van der Waals surface area contributed by atoms with Crippen LogP contribution in [0.5, 0.6) is 5.75 Å². The maximum Gasteiger partial charge on any atom is 0.249 e. The van der Waals surface area contributed by atoms with Crippen LogP contribution >= 0.6 is 11.3 Å². The van der Waals surface area contributed by atoms with Gasteiger partial charge in [0.15, 0.2) is 0 Å². The van der Waals surface area contributed by atoms with E-state index in [9.17, 15) is 14.7 Å². The van der Waals surface area contributed by atoms with Gasteiger partial charge in [0.2, 0.25) is 11.8 Å². The Hall–Kier alpha value is -3.68. The zero-order valence-corrected chi connectivity index (χ0v) is 24.8. The van der Waals surface area contributed by atoms with E-state index in [1.165, 1.54) is 53.1 Å². The summed E-state index contributed by atoms with van der Waals surface area (Å²) in [6.07, 6.45) is 4.38. The van der Waals surface area contributed by atoms with Gasteiger partial charge in [-0.05, 0) is 109 Å². The second-order valence-electron chi connectivity index (χ2n) is 11.5. The number of benzene rings is 3. The lowest BCUT2D eigenvalue weighted by atomic mass is 9.96. The van der Waals surface area contributed by atoms with Crippen LogP contribution in [-0.4, -0.2) is 59.9 Å². The van der Waals surface area contributed by atoms with Gasteiger partial charge in [-0.15, -0.1) is 11.3 Å². The number of likely N-dealkylation sites (N-methyl/N-ethyl adjacent to an activating group) is 2. The summed E-state index contributed by atoms with van der Waals surface area (Å²) in [6, 6.07) is 20.2. The molecular weight excluding hydrogens is 530 g/mol. The summed E-state index contributed by atoms with van der Waals surface area (Å²) in [5, 5.41) is 11.3. The number of phenols is 1. The topological polar surface area (TPSA) is 64.1 Å². The third-order valence-corrected chi connectivity index (χ3v) is 10.0. The lowest BCUT2D eigenvalue weighted by molar-refractivity contribution is -0.132. The van der Waals surface area contributed by atoms with Crippen molar-refractivity contribution in [1.29, 1.82) is 0 Å². The van der Waals surface area contributed by atoms with Crippen LogP contribution < -0.4 is 4.90 Å². The molecule has 1 N–H and O–H groups in total. The van der Waals surface area contributed by atoms with Crippen LogP contribution in [0.15, 0.2) is 60.7 Å². The third-order valence-electron chi connectivity index (χ3n) is 8.78. The summed E-state index contributed by atoms with van der Waals surface area (Å²) >= 11 is 1.69. The van der Waals surface area contributed by atoms with Gasteiger partial charge in [0.1, 0.15) is 11.8 Å².